The molecule has 4 aromatic rings. The molecule has 12 heteroatoms. The number of thiophene rings is 1. The summed E-state index contributed by atoms with van der Waals surface area (Å²) in [4.78, 5) is 43.5. The number of carbonyl (C=O) groups excluding carboxylic acids is 1. The maximum atomic E-state index is 14.4. The number of fused-ring (bicyclic) bond motifs is 1. The predicted octanol–water partition coefficient (Wildman–Crippen LogP) is 4.56. The Balaban J connectivity index is 2.04. The molecule has 3 aromatic heterocycles. The van der Waals surface area contributed by atoms with Crippen LogP contribution in [0.15, 0.2) is 52.8 Å². The number of ketones is 1. The highest BCUT2D eigenvalue weighted by molar-refractivity contribution is 7.21. The molecule has 10 nitrogen and oxygen atoms in total. The number of hydrogen-bond donors (Lipinski definition) is 0. The molecule has 218 valence electrons. The van der Waals surface area contributed by atoms with E-state index in [2.05, 4.69) is 16.8 Å². The van der Waals surface area contributed by atoms with Crippen LogP contribution in [0.5, 0.6) is 5.75 Å². The Labute approximate surface area is 240 Å². The molecule has 3 heterocycles. The lowest BCUT2D eigenvalue weighted by Crippen LogP contribution is -2.53. The summed E-state index contributed by atoms with van der Waals surface area (Å²) in [5, 5.41) is 9.23. The van der Waals surface area contributed by atoms with Gasteiger partial charge in [0.05, 0.1) is 38.0 Å². The maximum absolute atomic E-state index is 14.4. The number of aromatic nitrogens is 5. The highest BCUT2D eigenvalue weighted by Gasteiger charge is 2.36. The lowest BCUT2D eigenvalue weighted by molar-refractivity contribution is -0.127. The van der Waals surface area contributed by atoms with Crippen LogP contribution in [0.25, 0.3) is 15.2 Å². The summed E-state index contributed by atoms with van der Waals surface area (Å²) in [7, 11) is 1.46. The third kappa shape index (κ3) is 5.66. The summed E-state index contributed by atoms with van der Waals surface area (Å²) in [6.07, 6.45) is 3.89. The Hall–Kier alpha value is -3.90. The smallest absolute Gasteiger partial charge is 0.333 e. The Bertz CT molecular complexity index is 1700. The summed E-state index contributed by atoms with van der Waals surface area (Å²) < 4.78 is 28.4. The first kappa shape index (κ1) is 30.1. The van der Waals surface area contributed by atoms with Crippen LogP contribution in [0.2, 0.25) is 0 Å². The molecule has 0 aliphatic heterocycles. The SMILES string of the molecule is C=CCO[C@@H](Cn1c(=O)n(C(C)(C)C(=O)CC(C)C)c(=O)c2c(C)c(-n3nccn3)sc21)c1cc(F)ccc1OC. The Morgan fingerprint density at radius 1 is 1.22 bits per heavy atom. The molecule has 1 atom stereocenters. The fraction of sp³-hybridized carbons (Fsp3) is 0.414. The van der Waals surface area contributed by atoms with Crippen LogP contribution in [0, 0.1) is 18.7 Å². The molecule has 0 bridgehead atoms. The molecule has 0 aliphatic rings. The van der Waals surface area contributed by atoms with Crippen LogP contribution >= 0.6 is 11.3 Å². The van der Waals surface area contributed by atoms with Gasteiger partial charge in [-0.25, -0.2) is 13.8 Å². The van der Waals surface area contributed by atoms with Crippen molar-refractivity contribution in [2.24, 2.45) is 5.92 Å². The Morgan fingerprint density at radius 3 is 2.51 bits per heavy atom. The molecule has 0 N–H and O–H groups in total. The quantitative estimate of drug-likeness (QED) is 0.225. The van der Waals surface area contributed by atoms with E-state index >= 15 is 0 Å². The number of benzene rings is 1. The van der Waals surface area contributed by atoms with Crippen molar-refractivity contribution >= 4 is 27.3 Å². The molecule has 4 rings (SSSR count). The van der Waals surface area contributed by atoms with Gasteiger partial charge in [0, 0.05) is 17.5 Å². The lowest BCUT2D eigenvalue weighted by atomic mass is 9.91. The zero-order valence-electron chi connectivity index (χ0n) is 24.0. The zero-order valence-corrected chi connectivity index (χ0v) is 24.8. The van der Waals surface area contributed by atoms with Crippen LogP contribution in [0.1, 0.15) is 51.3 Å². The predicted molar refractivity (Wildman–Crippen MR) is 156 cm³/mol. The molecule has 0 fully saturated rings. The van der Waals surface area contributed by atoms with Crippen molar-refractivity contribution in [2.75, 3.05) is 13.7 Å². The maximum Gasteiger partial charge on any atom is 0.333 e. The summed E-state index contributed by atoms with van der Waals surface area (Å²) in [6.45, 7) is 12.4. The molecule has 41 heavy (non-hydrogen) atoms. The summed E-state index contributed by atoms with van der Waals surface area (Å²) in [5.74, 6) is -0.351. The number of rotatable bonds is 12. The fourth-order valence-electron chi connectivity index (χ4n) is 4.79. The number of carbonyl (C=O) groups is 1. The van der Waals surface area contributed by atoms with Gasteiger partial charge in [0.25, 0.3) is 5.56 Å². The van der Waals surface area contributed by atoms with Gasteiger partial charge in [-0.15, -0.1) is 11.4 Å². The zero-order chi connectivity index (χ0) is 30.1. The molecule has 0 unspecified atom stereocenters. The lowest BCUT2D eigenvalue weighted by Gasteiger charge is -2.28. The van der Waals surface area contributed by atoms with E-state index in [1.54, 1.807) is 26.8 Å². The van der Waals surface area contributed by atoms with Gasteiger partial charge in [0.15, 0.2) is 5.78 Å². The summed E-state index contributed by atoms with van der Waals surface area (Å²) in [6, 6.07) is 4.05. The molecule has 0 saturated heterocycles. The van der Waals surface area contributed by atoms with Crippen molar-refractivity contribution < 1.29 is 18.7 Å². The first-order valence-electron chi connectivity index (χ1n) is 13.2. The minimum Gasteiger partial charge on any atom is -0.496 e. The van der Waals surface area contributed by atoms with E-state index in [0.29, 0.717) is 26.7 Å². The van der Waals surface area contributed by atoms with Crippen molar-refractivity contribution in [3.63, 3.8) is 0 Å². The van der Waals surface area contributed by atoms with E-state index in [1.807, 2.05) is 13.8 Å². The first-order chi connectivity index (χ1) is 19.4. The third-order valence-corrected chi connectivity index (χ3v) is 8.21. The van der Waals surface area contributed by atoms with Gasteiger partial charge in [0.2, 0.25) is 0 Å². The number of hydrogen-bond acceptors (Lipinski definition) is 8. The highest BCUT2D eigenvalue weighted by Crippen LogP contribution is 2.34. The Morgan fingerprint density at radius 2 is 1.90 bits per heavy atom. The van der Waals surface area contributed by atoms with Crippen molar-refractivity contribution in [3.05, 3.63) is 81.0 Å². The number of aryl methyl sites for hydroxylation is 1. The van der Waals surface area contributed by atoms with Crippen LogP contribution in [-0.2, 0) is 21.6 Å². The minimum absolute atomic E-state index is 0.0286. The van der Waals surface area contributed by atoms with Gasteiger partial charge in [-0.3, -0.25) is 14.2 Å². The third-order valence-electron chi connectivity index (χ3n) is 6.93. The van der Waals surface area contributed by atoms with Crippen molar-refractivity contribution in [2.45, 2.75) is 59.2 Å². The highest BCUT2D eigenvalue weighted by atomic mass is 32.1. The van der Waals surface area contributed by atoms with E-state index in [-0.39, 0.29) is 36.7 Å². The van der Waals surface area contributed by atoms with Crippen LogP contribution in [0.4, 0.5) is 4.39 Å². The molecule has 0 aliphatic carbocycles. The second kappa shape index (κ2) is 11.9. The van der Waals surface area contributed by atoms with Gasteiger partial charge in [-0.05, 0) is 44.9 Å². The van der Waals surface area contributed by atoms with Gasteiger partial charge >= 0.3 is 5.69 Å². The van der Waals surface area contributed by atoms with Gasteiger partial charge in [-0.1, -0.05) is 31.3 Å². The first-order valence-corrected chi connectivity index (χ1v) is 14.0. The average molecular weight is 584 g/mol. The number of ether oxygens (including phenoxy) is 2. The van der Waals surface area contributed by atoms with Gasteiger partial charge < -0.3 is 9.47 Å². The van der Waals surface area contributed by atoms with Gasteiger partial charge in [-0.2, -0.15) is 10.2 Å². The second-order valence-corrected chi connectivity index (χ2v) is 11.6. The van der Waals surface area contributed by atoms with Crippen LogP contribution in [0.3, 0.4) is 0 Å². The normalized spacial score (nSPS) is 12.7. The number of methoxy groups -OCH3 is 1. The molecule has 0 spiro atoms. The monoisotopic (exact) mass is 583 g/mol. The molecular weight excluding hydrogens is 549 g/mol. The van der Waals surface area contributed by atoms with Crippen molar-refractivity contribution in [1.82, 2.24) is 24.1 Å². The second-order valence-electron chi connectivity index (χ2n) is 10.6. The largest absolute Gasteiger partial charge is 0.496 e. The topological polar surface area (TPSA) is 110 Å². The number of nitrogens with zero attached hydrogens (tertiary/aromatic N) is 5. The molecule has 1 aromatic carbocycles. The van der Waals surface area contributed by atoms with Crippen LogP contribution in [-0.4, -0.2) is 43.6 Å². The van der Waals surface area contributed by atoms with Crippen molar-refractivity contribution in [3.8, 4) is 10.8 Å². The standard InChI is InChI=1S/C29H34FN5O5S/c1-8-13-40-22(20-15-19(30)9-10-21(20)39-7)16-33-27-24(18(4)26(41-27)35-31-11-12-32-35)25(37)34(28(33)38)29(5,6)23(36)14-17(2)3/h8-12,15,17,22H,1,13-14,16H2,2-7H3/t22-/m0/s1. The Kier molecular flexibility index (Phi) is 8.74. The molecular formula is C29H34FN5O5S. The molecule has 0 radical (unpaired) electrons. The van der Waals surface area contributed by atoms with E-state index in [4.69, 9.17) is 9.47 Å². The number of Topliss-reactive ketones (excluding diaryl/α,β-unsaturated/α-hetero) is 1. The molecule has 0 saturated carbocycles. The van der Waals surface area contributed by atoms with E-state index < -0.39 is 28.7 Å². The van der Waals surface area contributed by atoms with Crippen molar-refractivity contribution in [1.29, 1.82) is 0 Å². The fourth-order valence-corrected chi connectivity index (χ4v) is 6.01. The van der Waals surface area contributed by atoms with E-state index in [1.165, 1.54) is 58.4 Å². The van der Waals surface area contributed by atoms with Gasteiger partial charge in [0.1, 0.15) is 33.0 Å². The van der Waals surface area contributed by atoms with Crippen LogP contribution < -0.4 is 16.0 Å². The summed E-state index contributed by atoms with van der Waals surface area (Å²) in [5.41, 5.74) is -1.77. The van der Waals surface area contributed by atoms with E-state index in [9.17, 15) is 18.8 Å². The molecule has 0 amide bonds. The minimum atomic E-state index is -1.44. The summed E-state index contributed by atoms with van der Waals surface area (Å²) >= 11 is 1.17. The average Bonchev–Trinajstić information content (AvgIpc) is 3.56. The number of halogens is 1. The van der Waals surface area contributed by atoms with E-state index in [0.717, 1.165) is 4.57 Å².